The lowest BCUT2D eigenvalue weighted by Gasteiger charge is -2.14. The average molecular weight is 413 g/mol. The molecule has 0 bridgehead atoms. The molecule has 0 saturated carbocycles. The number of para-hydroxylation sites is 1. The highest BCUT2D eigenvalue weighted by Crippen LogP contribution is 2.38. The van der Waals surface area contributed by atoms with E-state index in [4.69, 9.17) is 14.2 Å². The van der Waals surface area contributed by atoms with Crippen LogP contribution in [0.15, 0.2) is 48.2 Å². The molecular formula is C21H24N4O3S. The van der Waals surface area contributed by atoms with E-state index in [-0.39, 0.29) is 0 Å². The molecule has 0 aliphatic rings. The summed E-state index contributed by atoms with van der Waals surface area (Å²) in [5, 5.41) is 7.36. The minimum absolute atomic E-state index is 0.580. The number of anilines is 2. The second-order valence-electron chi connectivity index (χ2n) is 6.16. The average Bonchev–Trinajstić information content (AvgIpc) is 3.18. The number of nitrogens with zero attached hydrogens (tertiary/aromatic N) is 2. The van der Waals surface area contributed by atoms with Gasteiger partial charge in [0.2, 0.25) is 10.9 Å². The number of allylic oxidation sites excluding steroid dienone is 1. The topological polar surface area (TPSA) is 77.5 Å². The Morgan fingerprint density at radius 3 is 2.34 bits per heavy atom. The van der Waals surface area contributed by atoms with Gasteiger partial charge in [-0.2, -0.15) is 9.36 Å². The van der Waals surface area contributed by atoms with Gasteiger partial charge in [-0.3, -0.25) is 0 Å². The Bertz CT molecular complexity index is 948. The summed E-state index contributed by atoms with van der Waals surface area (Å²) in [6, 6.07) is 13.7. The number of hydrogen-bond donors (Lipinski definition) is 2. The Kier molecular flexibility index (Phi) is 6.91. The van der Waals surface area contributed by atoms with E-state index < -0.39 is 0 Å². The van der Waals surface area contributed by atoms with Crippen molar-refractivity contribution in [2.45, 2.75) is 13.5 Å². The van der Waals surface area contributed by atoms with Gasteiger partial charge in [0.05, 0.1) is 21.3 Å². The molecule has 0 radical (unpaired) electrons. The van der Waals surface area contributed by atoms with Crippen LogP contribution in [0.3, 0.4) is 0 Å². The van der Waals surface area contributed by atoms with Crippen LogP contribution in [0.5, 0.6) is 17.2 Å². The summed E-state index contributed by atoms with van der Waals surface area (Å²) < 4.78 is 20.5. The molecule has 2 N–H and O–H groups in total. The van der Waals surface area contributed by atoms with Crippen molar-refractivity contribution >= 4 is 28.4 Å². The number of hydrogen-bond acceptors (Lipinski definition) is 8. The smallest absolute Gasteiger partial charge is 0.207 e. The molecule has 0 unspecified atom stereocenters. The minimum Gasteiger partial charge on any atom is -0.493 e. The molecule has 0 fully saturated rings. The molecule has 8 heteroatoms. The summed E-state index contributed by atoms with van der Waals surface area (Å²) in [6.45, 7) is 2.57. The van der Waals surface area contributed by atoms with Crippen LogP contribution < -0.4 is 24.8 Å². The van der Waals surface area contributed by atoms with E-state index in [1.54, 1.807) is 21.3 Å². The zero-order chi connectivity index (χ0) is 20.6. The SMILES string of the molecule is COc1cc(CN/C(C)=C/c2nsc(Nc3ccccc3)n2)cc(OC)c1OC. The molecule has 29 heavy (non-hydrogen) atoms. The van der Waals surface area contributed by atoms with Gasteiger partial charge in [0.1, 0.15) is 0 Å². The van der Waals surface area contributed by atoms with Crippen molar-refractivity contribution in [2.75, 3.05) is 26.6 Å². The summed E-state index contributed by atoms with van der Waals surface area (Å²) in [4.78, 5) is 4.50. The molecule has 0 saturated heterocycles. The van der Waals surface area contributed by atoms with Crippen molar-refractivity contribution in [1.29, 1.82) is 0 Å². The predicted molar refractivity (Wildman–Crippen MR) is 116 cm³/mol. The van der Waals surface area contributed by atoms with Crippen LogP contribution in [-0.4, -0.2) is 30.7 Å². The third-order valence-corrected chi connectivity index (χ3v) is 4.75. The van der Waals surface area contributed by atoms with E-state index in [0.717, 1.165) is 22.1 Å². The Balaban J connectivity index is 1.65. The van der Waals surface area contributed by atoms with Crippen LogP contribution in [0.1, 0.15) is 18.3 Å². The maximum absolute atomic E-state index is 5.40. The van der Waals surface area contributed by atoms with Crippen molar-refractivity contribution in [3.05, 3.63) is 59.5 Å². The fraction of sp³-hybridized carbons (Fsp3) is 0.238. The first kappa shape index (κ1) is 20.5. The molecular weight excluding hydrogens is 388 g/mol. The highest BCUT2D eigenvalue weighted by Gasteiger charge is 2.13. The van der Waals surface area contributed by atoms with Crippen molar-refractivity contribution in [3.63, 3.8) is 0 Å². The van der Waals surface area contributed by atoms with Gasteiger partial charge in [-0.15, -0.1) is 0 Å². The van der Waals surface area contributed by atoms with Crippen LogP contribution in [0, 0.1) is 0 Å². The van der Waals surface area contributed by atoms with Gasteiger partial charge in [-0.25, -0.2) is 0 Å². The molecule has 0 aliphatic carbocycles. The third-order valence-electron chi connectivity index (χ3n) is 4.11. The van der Waals surface area contributed by atoms with Crippen LogP contribution >= 0.6 is 11.5 Å². The number of aromatic nitrogens is 2. The number of rotatable bonds is 9. The lowest BCUT2D eigenvalue weighted by molar-refractivity contribution is 0.323. The highest BCUT2D eigenvalue weighted by atomic mass is 32.1. The van der Waals surface area contributed by atoms with Crippen LogP contribution in [0.2, 0.25) is 0 Å². The Morgan fingerprint density at radius 1 is 1.03 bits per heavy atom. The first-order valence-electron chi connectivity index (χ1n) is 8.99. The van der Waals surface area contributed by atoms with Crippen molar-refractivity contribution in [3.8, 4) is 17.2 Å². The van der Waals surface area contributed by atoms with E-state index in [0.29, 0.717) is 29.6 Å². The van der Waals surface area contributed by atoms with Crippen LogP contribution in [0.4, 0.5) is 10.8 Å². The van der Waals surface area contributed by atoms with Gasteiger partial charge in [-0.05, 0) is 36.8 Å². The summed E-state index contributed by atoms with van der Waals surface area (Å²) in [5.74, 6) is 2.49. The summed E-state index contributed by atoms with van der Waals surface area (Å²) in [6.07, 6.45) is 1.91. The number of nitrogens with one attached hydrogen (secondary N) is 2. The lowest BCUT2D eigenvalue weighted by Crippen LogP contribution is -2.11. The van der Waals surface area contributed by atoms with Crippen LogP contribution in [-0.2, 0) is 6.54 Å². The Labute approximate surface area is 174 Å². The monoisotopic (exact) mass is 412 g/mol. The predicted octanol–water partition coefficient (Wildman–Crippen LogP) is 4.46. The van der Waals surface area contributed by atoms with Crippen molar-refractivity contribution in [1.82, 2.24) is 14.7 Å². The fourth-order valence-electron chi connectivity index (χ4n) is 2.71. The zero-order valence-electron chi connectivity index (χ0n) is 16.9. The Hall–Kier alpha value is -3.26. The van der Waals surface area contributed by atoms with Gasteiger partial charge < -0.3 is 24.8 Å². The maximum atomic E-state index is 5.40. The van der Waals surface area contributed by atoms with Gasteiger partial charge in [0.15, 0.2) is 17.3 Å². The molecule has 0 aliphatic heterocycles. The largest absolute Gasteiger partial charge is 0.493 e. The van der Waals surface area contributed by atoms with Gasteiger partial charge in [-0.1, -0.05) is 18.2 Å². The molecule has 2 aromatic carbocycles. The first-order chi connectivity index (χ1) is 14.1. The molecule has 0 spiro atoms. The minimum atomic E-state index is 0.580. The lowest BCUT2D eigenvalue weighted by atomic mass is 10.1. The summed E-state index contributed by atoms with van der Waals surface area (Å²) >= 11 is 1.32. The fourth-order valence-corrected chi connectivity index (χ4v) is 3.28. The highest BCUT2D eigenvalue weighted by molar-refractivity contribution is 7.09. The van der Waals surface area contributed by atoms with Gasteiger partial charge in [0, 0.05) is 35.5 Å². The number of methoxy groups -OCH3 is 3. The second kappa shape index (κ2) is 9.79. The van der Waals surface area contributed by atoms with E-state index in [2.05, 4.69) is 20.0 Å². The molecule has 0 atom stereocenters. The van der Waals surface area contributed by atoms with E-state index in [9.17, 15) is 0 Å². The number of ether oxygens (including phenoxy) is 3. The summed E-state index contributed by atoms with van der Waals surface area (Å²) in [5.41, 5.74) is 2.93. The molecule has 7 nitrogen and oxygen atoms in total. The quantitative estimate of drug-likeness (QED) is 0.537. The molecule has 3 rings (SSSR count). The van der Waals surface area contributed by atoms with Gasteiger partial charge >= 0.3 is 0 Å². The van der Waals surface area contributed by atoms with E-state index in [1.807, 2.05) is 55.5 Å². The molecule has 1 aromatic heterocycles. The van der Waals surface area contributed by atoms with Crippen LogP contribution in [0.25, 0.3) is 6.08 Å². The first-order valence-corrected chi connectivity index (χ1v) is 9.77. The molecule has 1 heterocycles. The van der Waals surface area contributed by atoms with Gasteiger partial charge in [0.25, 0.3) is 0 Å². The number of benzene rings is 2. The molecule has 0 amide bonds. The third kappa shape index (κ3) is 5.39. The van der Waals surface area contributed by atoms with Crippen molar-refractivity contribution in [2.24, 2.45) is 0 Å². The van der Waals surface area contributed by atoms with Crippen molar-refractivity contribution < 1.29 is 14.2 Å². The molecule has 3 aromatic rings. The molecule has 152 valence electrons. The Morgan fingerprint density at radius 2 is 1.72 bits per heavy atom. The zero-order valence-corrected chi connectivity index (χ0v) is 17.7. The van der Waals surface area contributed by atoms with E-state index >= 15 is 0 Å². The second-order valence-corrected chi connectivity index (χ2v) is 6.92. The summed E-state index contributed by atoms with van der Waals surface area (Å²) in [7, 11) is 4.80. The standard InChI is InChI=1S/C21H24N4O3S/c1-14(10-19-24-21(29-25-19)23-16-8-6-5-7-9-16)22-13-15-11-17(26-2)20(28-4)18(12-15)27-3/h5-12,22H,13H2,1-4H3,(H,23,24,25)/b14-10+. The van der Waals surface area contributed by atoms with E-state index in [1.165, 1.54) is 11.5 Å². The maximum Gasteiger partial charge on any atom is 0.207 e. The normalized spacial score (nSPS) is 11.1.